The van der Waals surface area contributed by atoms with Crippen molar-refractivity contribution in [1.29, 1.82) is 0 Å². The second-order valence-corrected chi connectivity index (χ2v) is 7.92. The Bertz CT molecular complexity index is 961. The molecule has 2 aromatic heterocycles. The van der Waals surface area contributed by atoms with E-state index in [0.29, 0.717) is 6.07 Å². The quantitative estimate of drug-likeness (QED) is 0.596. The molecule has 0 atom stereocenters. The lowest BCUT2D eigenvalue weighted by molar-refractivity contribution is -0.148. The zero-order chi connectivity index (χ0) is 22.0. The molecule has 0 aromatic carbocycles. The Kier molecular flexibility index (Phi) is 6.40. The Morgan fingerprint density at radius 2 is 1.72 bits per heavy atom. The van der Waals surface area contributed by atoms with Crippen LogP contribution < -0.4 is 4.74 Å². The lowest BCUT2D eigenvalue weighted by Gasteiger charge is -2.16. The number of halogens is 7. The highest BCUT2D eigenvalue weighted by Crippen LogP contribution is 2.33. The molecular formula is C16H13F7N2O3S. The van der Waals surface area contributed by atoms with Crippen LogP contribution >= 0.6 is 0 Å². The van der Waals surface area contributed by atoms with Crippen molar-refractivity contribution >= 4 is 9.84 Å². The minimum absolute atomic E-state index is 0.309. The number of hydrogen-bond donors (Lipinski definition) is 0. The van der Waals surface area contributed by atoms with Crippen LogP contribution in [-0.2, 0) is 16.0 Å². The zero-order valence-corrected chi connectivity index (χ0v) is 15.4. The van der Waals surface area contributed by atoms with E-state index in [-0.39, 0.29) is 11.4 Å². The average molecular weight is 446 g/mol. The molecule has 0 fully saturated rings. The van der Waals surface area contributed by atoms with Crippen LogP contribution in [0.4, 0.5) is 30.7 Å². The molecule has 0 unspecified atom stereocenters. The number of nitrogens with zero attached hydrogens (tertiary/aromatic N) is 2. The third-order valence-corrected chi connectivity index (χ3v) is 5.35. The monoisotopic (exact) mass is 446 g/mol. The van der Waals surface area contributed by atoms with Gasteiger partial charge in [-0.05, 0) is 24.3 Å². The number of rotatable bonds is 7. The van der Waals surface area contributed by atoms with Crippen molar-refractivity contribution in [2.45, 2.75) is 30.3 Å². The van der Waals surface area contributed by atoms with E-state index in [1.807, 2.05) is 0 Å². The van der Waals surface area contributed by atoms with E-state index in [1.54, 1.807) is 0 Å². The SMILES string of the molecule is CCS(=O)(=O)c1ccc(C(F)(F)F)nc1-c1ccc(OCC(F)(F)C(F)F)cn1. The molecule has 0 radical (unpaired) electrons. The molecule has 2 heterocycles. The fraction of sp³-hybridized carbons (Fsp3) is 0.375. The second kappa shape index (κ2) is 8.13. The van der Waals surface area contributed by atoms with Gasteiger partial charge >= 0.3 is 18.5 Å². The van der Waals surface area contributed by atoms with Gasteiger partial charge in [0.15, 0.2) is 16.4 Å². The summed E-state index contributed by atoms with van der Waals surface area (Å²) in [4.78, 5) is 6.51. The number of sulfone groups is 1. The summed E-state index contributed by atoms with van der Waals surface area (Å²) in [7, 11) is -3.97. The molecule has 0 amide bonds. The maximum Gasteiger partial charge on any atom is 0.433 e. The summed E-state index contributed by atoms with van der Waals surface area (Å²) >= 11 is 0. The van der Waals surface area contributed by atoms with Crippen LogP contribution in [0.1, 0.15) is 12.6 Å². The van der Waals surface area contributed by atoms with Crippen LogP contribution in [0.5, 0.6) is 5.75 Å². The fourth-order valence-electron chi connectivity index (χ4n) is 2.04. The maximum absolute atomic E-state index is 13.0. The standard InChI is InChI=1S/C16H13F7N2O3S/c1-2-29(26,27)11-5-6-12(16(21,22)23)25-13(11)10-4-3-9(7-24-10)28-8-15(19,20)14(17)18/h3-7,14H,2,8H2,1H3. The van der Waals surface area contributed by atoms with Gasteiger partial charge in [0.1, 0.15) is 17.1 Å². The van der Waals surface area contributed by atoms with Crippen molar-refractivity contribution in [3.63, 3.8) is 0 Å². The molecular weight excluding hydrogens is 433 g/mol. The molecule has 0 N–H and O–H groups in total. The summed E-state index contributed by atoms with van der Waals surface area (Å²) in [6.45, 7) is -0.368. The van der Waals surface area contributed by atoms with Crippen LogP contribution in [0, 0.1) is 0 Å². The Morgan fingerprint density at radius 1 is 1.07 bits per heavy atom. The van der Waals surface area contributed by atoms with Gasteiger partial charge in [-0.3, -0.25) is 4.98 Å². The summed E-state index contributed by atoms with van der Waals surface area (Å²) < 4.78 is 118. The van der Waals surface area contributed by atoms with E-state index in [4.69, 9.17) is 0 Å². The molecule has 2 rings (SSSR count). The van der Waals surface area contributed by atoms with Gasteiger partial charge in [0.05, 0.1) is 22.5 Å². The van der Waals surface area contributed by atoms with E-state index in [0.717, 1.165) is 24.4 Å². The number of hydrogen-bond acceptors (Lipinski definition) is 5. The molecule has 0 saturated heterocycles. The van der Waals surface area contributed by atoms with E-state index >= 15 is 0 Å². The minimum Gasteiger partial charge on any atom is -0.485 e. The first kappa shape index (κ1) is 22.8. The maximum atomic E-state index is 13.0. The molecule has 0 aliphatic rings. The second-order valence-electron chi connectivity index (χ2n) is 5.67. The molecule has 0 aliphatic heterocycles. The van der Waals surface area contributed by atoms with Crippen LogP contribution in [0.15, 0.2) is 35.4 Å². The highest BCUT2D eigenvalue weighted by molar-refractivity contribution is 7.91. The van der Waals surface area contributed by atoms with Gasteiger partial charge in [-0.25, -0.2) is 22.2 Å². The van der Waals surface area contributed by atoms with Gasteiger partial charge in [-0.1, -0.05) is 6.92 Å². The number of alkyl halides is 7. The summed E-state index contributed by atoms with van der Waals surface area (Å²) in [5.41, 5.74) is -2.26. The first-order chi connectivity index (χ1) is 13.3. The summed E-state index contributed by atoms with van der Waals surface area (Å²) in [5.74, 6) is -5.21. The Labute approximate surface area is 160 Å². The van der Waals surface area contributed by atoms with Gasteiger partial charge in [0.2, 0.25) is 0 Å². The Hall–Kier alpha value is -2.44. The third kappa shape index (κ3) is 5.34. The number of pyridine rings is 2. The van der Waals surface area contributed by atoms with Crippen molar-refractivity contribution in [2.24, 2.45) is 0 Å². The molecule has 0 saturated carbocycles. The molecule has 5 nitrogen and oxygen atoms in total. The van der Waals surface area contributed by atoms with E-state index in [2.05, 4.69) is 14.7 Å². The first-order valence-corrected chi connectivity index (χ1v) is 9.49. The smallest absolute Gasteiger partial charge is 0.433 e. The van der Waals surface area contributed by atoms with Crippen LogP contribution in [0.3, 0.4) is 0 Å². The largest absolute Gasteiger partial charge is 0.485 e. The van der Waals surface area contributed by atoms with E-state index in [9.17, 15) is 39.2 Å². The van der Waals surface area contributed by atoms with Crippen molar-refractivity contribution in [2.75, 3.05) is 12.4 Å². The van der Waals surface area contributed by atoms with Crippen LogP contribution in [0.2, 0.25) is 0 Å². The van der Waals surface area contributed by atoms with Gasteiger partial charge in [0, 0.05) is 0 Å². The van der Waals surface area contributed by atoms with E-state index in [1.165, 1.54) is 6.92 Å². The normalized spacial score (nSPS) is 13.0. The van der Waals surface area contributed by atoms with Crippen molar-refractivity contribution < 1.29 is 43.9 Å². The van der Waals surface area contributed by atoms with Gasteiger partial charge in [-0.2, -0.15) is 22.0 Å². The predicted molar refractivity (Wildman–Crippen MR) is 86.6 cm³/mol. The van der Waals surface area contributed by atoms with Gasteiger partial charge < -0.3 is 4.74 Å². The molecule has 0 spiro atoms. The third-order valence-electron chi connectivity index (χ3n) is 3.59. The lowest BCUT2D eigenvalue weighted by Crippen LogP contribution is -2.33. The summed E-state index contributed by atoms with van der Waals surface area (Å²) in [6.07, 6.45) is -8.03. The van der Waals surface area contributed by atoms with Crippen molar-refractivity contribution in [1.82, 2.24) is 9.97 Å². The lowest BCUT2D eigenvalue weighted by atomic mass is 10.2. The molecule has 29 heavy (non-hydrogen) atoms. The predicted octanol–water partition coefficient (Wildman–Crippen LogP) is 4.24. The Morgan fingerprint density at radius 3 is 2.21 bits per heavy atom. The zero-order valence-electron chi connectivity index (χ0n) is 14.6. The molecule has 13 heteroatoms. The topological polar surface area (TPSA) is 69.2 Å². The molecule has 0 bridgehead atoms. The average Bonchev–Trinajstić information content (AvgIpc) is 2.65. The van der Waals surface area contributed by atoms with Gasteiger partial charge in [-0.15, -0.1) is 0 Å². The van der Waals surface area contributed by atoms with E-state index < -0.39 is 57.0 Å². The highest BCUT2D eigenvalue weighted by Gasteiger charge is 2.41. The highest BCUT2D eigenvalue weighted by atomic mass is 32.2. The first-order valence-electron chi connectivity index (χ1n) is 7.84. The van der Waals surface area contributed by atoms with Gasteiger partial charge in [0.25, 0.3) is 0 Å². The minimum atomic E-state index is -4.85. The summed E-state index contributed by atoms with van der Waals surface area (Å²) in [5, 5.41) is 0. The molecule has 160 valence electrons. The molecule has 0 aliphatic carbocycles. The fourth-order valence-corrected chi connectivity index (χ4v) is 3.07. The van der Waals surface area contributed by atoms with Crippen molar-refractivity contribution in [3.8, 4) is 17.1 Å². The Balaban J connectivity index is 2.42. The summed E-state index contributed by atoms with van der Waals surface area (Å²) in [6, 6.07) is 3.20. The van der Waals surface area contributed by atoms with Crippen molar-refractivity contribution in [3.05, 3.63) is 36.2 Å². The van der Waals surface area contributed by atoms with Crippen LogP contribution in [0.25, 0.3) is 11.4 Å². The number of ether oxygens (including phenoxy) is 1. The molecule has 2 aromatic rings. The number of aromatic nitrogens is 2. The van der Waals surface area contributed by atoms with Crippen LogP contribution in [-0.4, -0.2) is 43.1 Å².